The Hall–Kier alpha value is -0.620. The first kappa shape index (κ1) is 18.4. The number of methoxy groups -OCH3 is 1. The molecule has 0 rings (SSSR count). The summed E-state index contributed by atoms with van der Waals surface area (Å²) in [5.74, 6) is -0.422. The summed E-state index contributed by atoms with van der Waals surface area (Å²) >= 11 is 0. The standard InChI is InChI=1S/C13H27NO4S/c1-4-9-14-12(2)7-5-6-10-19(16,17)11-8-13(15)18-3/h12,14H,4-11H2,1-3H3. The molecule has 0 aliphatic carbocycles. The van der Waals surface area contributed by atoms with Crippen molar-refractivity contribution in [3.63, 3.8) is 0 Å². The van der Waals surface area contributed by atoms with Crippen LogP contribution in [0.3, 0.4) is 0 Å². The highest BCUT2D eigenvalue weighted by atomic mass is 32.2. The Morgan fingerprint density at radius 3 is 2.53 bits per heavy atom. The van der Waals surface area contributed by atoms with Crippen LogP contribution >= 0.6 is 0 Å². The van der Waals surface area contributed by atoms with E-state index < -0.39 is 15.8 Å². The van der Waals surface area contributed by atoms with E-state index in [2.05, 4.69) is 23.9 Å². The summed E-state index contributed by atoms with van der Waals surface area (Å²) < 4.78 is 27.7. The molecule has 0 heterocycles. The zero-order valence-corrected chi connectivity index (χ0v) is 13.1. The zero-order chi connectivity index (χ0) is 14.7. The van der Waals surface area contributed by atoms with Gasteiger partial charge in [0.1, 0.15) is 0 Å². The first-order valence-electron chi connectivity index (χ1n) is 6.92. The van der Waals surface area contributed by atoms with Gasteiger partial charge in [0.05, 0.1) is 25.0 Å². The van der Waals surface area contributed by atoms with Crippen LogP contribution in [-0.2, 0) is 19.4 Å². The third kappa shape index (κ3) is 10.9. The predicted molar refractivity (Wildman–Crippen MR) is 76.9 cm³/mol. The van der Waals surface area contributed by atoms with Crippen LogP contribution in [0.15, 0.2) is 0 Å². The van der Waals surface area contributed by atoms with Gasteiger partial charge in [-0.3, -0.25) is 4.79 Å². The highest BCUT2D eigenvalue weighted by molar-refractivity contribution is 7.91. The summed E-state index contributed by atoms with van der Waals surface area (Å²) in [6.07, 6.45) is 3.57. The van der Waals surface area contributed by atoms with E-state index in [0.29, 0.717) is 12.5 Å². The number of carbonyl (C=O) groups is 1. The number of nitrogens with one attached hydrogen (secondary N) is 1. The third-order valence-corrected chi connectivity index (χ3v) is 4.67. The van der Waals surface area contributed by atoms with E-state index in [9.17, 15) is 13.2 Å². The largest absolute Gasteiger partial charge is 0.469 e. The highest BCUT2D eigenvalue weighted by Crippen LogP contribution is 2.05. The van der Waals surface area contributed by atoms with Crippen molar-refractivity contribution in [2.24, 2.45) is 0 Å². The fraction of sp³-hybridized carbons (Fsp3) is 0.923. The van der Waals surface area contributed by atoms with Crippen molar-refractivity contribution in [1.29, 1.82) is 0 Å². The summed E-state index contributed by atoms with van der Waals surface area (Å²) in [6.45, 7) is 5.23. The normalized spacial score (nSPS) is 13.2. The van der Waals surface area contributed by atoms with E-state index in [-0.39, 0.29) is 17.9 Å². The second-order valence-corrected chi connectivity index (χ2v) is 7.13. The van der Waals surface area contributed by atoms with Crippen molar-refractivity contribution in [3.8, 4) is 0 Å². The van der Waals surface area contributed by atoms with E-state index in [1.165, 1.54) is 7.11 Å². The van der Waals surface area contributed by atoms with Gasteiger partial charge in [0.25, 0.3) is 0 Å². The number of esters is 1. The monoisotopic (exact) mass is 293 g/mol. The maximum Gasteiger partial charge on any atom is 0.306 e. The zero-order valence-electron chi connectivity index (χ0n) is 12.3. The third-order valence-electron chi connectivity index (χ3n) is 2.93. The van der Waals surface area contributed by atoms with Crippen LogP contribution in [0.2, 0.25) is 0 Å². The maximum absolute atomic E-state index is 11.6. The van der Waals surface area contributed by atoms with Crippen LogP contribution < -0.4 is 5.32 Å². The van der Waals surface area contributed by atoms with Gasteiger partial charge in [-0.2, -0.15) is 0 Å². The lowest BCUT2D eigenvalue weighted by Gasteiger charge is -2.12. The molecule has 0 aliphatic rings. The van der Waals surface area contributed by atoms with Gasteiger partial charge in [0.2, 0.25) is 0 Å². The van der Waals surface area contributed by atoms with Crippen LogP contribution in [-0.4, -0.2) is 45.6 Å². The molecule has 0 saturated heterocycles. The van der Waals surface area contributed by atoms with Crippen molar-refractivity contribution in [2.75, 3.05) is 25.2 Å². The lowest BCUT2D eigenvalue weighted by Crippen LogP contribution is -2.26. The topological polar surface area (TPSA) is 72.5 Å². The van der Waals surface area contributed by atoms with E-state index in [1.807, 2.05) is 0 Å². The molecule has 0 aliphatic heterocycles. The second kappa shape index (κ2) is 10.2. The van der Waals surface area contributed by atoms with Gasteiger partial charge in [-0.05, 0) is 32.7 Å². The van der Waals surface area contributed by atoms with E-state index in [1.54, 1.807) is 0 Å². The Bertz CT molecular complexity index is 341. The minimum absolute atomic E-state index is 0.0483. The number of hydrogen-bond donors (Lipinski definition) is 1. The molecule has 1 unspecified atom stereocenters. The molecule has 1 atom stereocenters. The van der Waals surface area contributed by atoms with Crippen LogP contribution in [0.4, 0.5) is 0 Å². The summed E-state index contributed by atoms with van der Waals surface area (Å²) in [5.41, 5.74) is 0. The second-order valence-electron chi connectivity index (χ2n) is 4.83. The van der Waals surface area contributed by atoms with Gasteiger partial charge in [0, 0.05) is 6.04 Å². The van der Waals surface area contributed by atoms with E-state index >= 15 is 0 Å². The lowest BCUT2D eigenvalue weighted by atomic mass is 10.1. The van der Waals surface area contributed by atoms with Gasteiger partial charge in [-0.1, -0.05) is 13.3 Å². The molecule has 0 amide bonds. The Labute approximate surface area is 117 Å². The summed E-state index contributed by atoms with van der Waals surface area (Å²) in [7, 11) is -1.86. The van der Waals surface area contributed by atoms with Crippen molar-refractivity contribution in [3.05, 3.63) is 0 Å². The van der Waals surface area contributed by atoms with Crippen molar-refractivity contribution < 1.29 is 17.9 Å². The molecule has 0 fully saturated rings. The Kier molecular flexibility index (Phi) is 9.87. The first-order chi connectivity index (χ1) is 8.91. The molecule has 0 aromatic heterocycles. The quantitative estimate of drug-likeness (QED) is 0.462. The van der Waals surface area contributed by atoms with Crippen molar-refractivity contribution in [1.82, 2.24) is 5.32 Å². The van der Waals surface area contributed by atoms with Gasteiger partial charge in [-0.15, -0.1) is 0 Å². The Morgan fingerprint density at radius 1 is 1.26 bits per heavy atom. The number of carbonyl (C=O) groups excluding carboxylic acids is 1. The minimum Gasteiger partial charge on any atom is -0.469 e. The van der Waals surface area contributed by atoms with Gasteiger partial charge >= 0.3 is 5.97 Å². The SMILES string of the molecule is CCCNC(C)CCCCS(=O)(=O)CCC(=O)OC. The van der Waals surface area contributed by atoms with Crippen LogP contribution in [0, 0.1) is 0 Å². The van der Waals surface area contributed by atoms with Gasteiger partial charge in [-0.25, -0.2) is 8.42 Å². The lowest BCUT2D eigenvalue weighted by molar-refractivity contribution is -0.140. The van der Waals surface area contributed by atoms with Crippen LogP contribution in [0.5, 0.6) is 0 Å². The molecule has 0 saturated carbocycles. The van der Waals surface area contributed by atoms with E-state index in [0.717, 1.165) is 25.8 Å². The smallest absolute Gasteiger partial charge is 0.306 e. The molecule has 0 bridgehead atoms. The Balaban J connectivity index is 3.72. The van der Waals surface area contributed by atoms with Crippen molar-refractivity contribution >= 4 is 15.8 Å². The fourth-order valence-corrected chi connectivity index (χ4v) is 3.03. The maximum atomic E-state index is 11.6. The molecule has 5 nitrogen and oxygen atoms in total. The van der Waals surface area contributed by atoms with Crippen LogP contribution in [0.1, 0.15) is 46.0 Å². The highest BCUT2D eigenvalue weighted by Gasteiger charge is 2.13. The molecule has 114 valence electrons. The molecular formula is C13H27NO4S. The fourth-order valence-electron chi connectivity index (χ4n) is 1.71. The number of sulfone groups is 1. The minimum atomic E-state index is -3.12. The molecule has 19 heavy (non-hydrogen) atoms. The number of rotatable bonds is 11. The predicted octanol–water partition coefficient (Wildman–Crippen LogP) is 1.52. The summed E-state index contributed by atoms with van der Waals surface area (Å²) in [4.78, 5) is 10.9. The first-order valence-corrected chi connectivity index (χ1v) is 8.74. The average Bonchev–Trinajstić information content (AvgIpc) is 2.38. The molecule has 0 radical (unpaired) electrons. The number of unbranched alkanes of at least 4 members (excludes halogenated alkanes) is 1. The molecule has 0 aromatic rings. The number of hydrogen-bond acceptors (Lipinski definition) is 5. The molecule has 0 aromatic carbocycles. The van der Waals surface area contributed by atoms with Crippen molar-refractivity contribution in [2.45, 2.75) is 52.0 Å². The summed E-state index contributed by atoms with van der Waals surface area (Å²) in [5, 5.41) is 3.37. The molecular weight excluding hydrogens is 266 g/mol. The molecule has 6 heteroatoms. The Morgan fingerprint density at radius 2 is 1.95 bits per heavy atom. The van der Waals surface area contributed by atoms with E-state index in [4.69, 9.17) is 0 Å². The number of ether oxygens (including phenoxy) is 1. The van der Waals surface area contributed by atoms with Crippen LogP contribution in [0.25, 0.3) is 0 Å². The average molecular weight is 293 g/mol. The molecule has 0 spiro atoms. The van der Waals surface area contributed by atoms with Gasteiger partial charge < -0.3 is 10.1 Å². The van der Waals surface area contributed by atoms with Gasteiger partial charge in [0.15, 0.2) is 9.84 Å². The summed E-state index contributed by atoms with van der Waals surface area (Å²) in [6, 6.07) is 0.428. The molecule has 1 N–H and O–H groups in total.